The van der Waals surface area contributed by atoms with E-state index in [9.17, 15) is 4.79 Å². The topological polar surface area (TPSA) is 117 Å². The molecule has 130 valence electrons. The molecular formula is C17H16N8O. The van der Waals surface area contributed by atoms with Gasteiger partial charge in [0.15, 0.2) is 0 Å². The molecular weight excluding hydrogens is 332 g/mol. The summed E-state index contributed by atoms with van der Waals surface area (Å²) in [6.07, 6.45) is 7.01. The zero-order chi connectivity index (χ0) is 17.9. The van der Waals surface area contributed by atoms with E-state index < -0.39 is 0 Å². The molecule has 0 spiro atoms. The number of primary amides is 1. The summed E-state index contributed by atoms with van der Waals surface area (Å²) >= 11 is 0. The maximum atomic E-state index is 11.0. The predicted molar refractivity (Wildman–Crippen MR) is 96.0 cm³/mol. The van der Waals surface area contributed by atoms with Crippen molar-refractivity contribution in [2.45, 2.75) is 13.0 Å². The maximum absolute atomic E-state index is 11.0. The van der Waals surface area contributed by atoms with Gasteiger partial charge in [-0.15, -0.1) is 0 Å². The summed E-state index contributed by atoms with van der Waals surface area (Å²) < 4.78 is 3.57. The minimum atomic E-state index is -0.341. The third-order valence-corrected chi connectivity index (χ3v) is 3.91. The van der Waals surface area contributed by atoms with Gasteiger partial charge in [0.2, 0.25) is 11.9 Å². The van der Waals surface area contributed by atoms with E-state index in [1.54, 1.807) is 17.2 Å². The van der Waals surface area contributed by atoms with E-state index >= 15 is 0 Å². The summed E-state index contributed by atoms with van der Waals surface area (Å²) in [5, 5.41) is 8.17. The standard InChI is InChI=1S/C17H16N8O/c18-15(26)6-8-24-7-5-12-9-20-17(23-16(12)24)22-13-1-3-14(4-2-13)25-11-19-10-21-25/h1-5,7,9-11H,6,8H2,(H2,18,26)(H,20,22,23). The van der Waals surface area contributed by atoms with Crippen molar-refractivity contribution in [1.82, 2.24) is 29.3 Å². The number of hydrogen-bond acceptors (Lipinski definition) is 6. The number of rotatable bonds is 6. The second-order valence-corrected chi connectivity index (χ2v) is 5.71. The normalized spacial score (nSPS) is 10.9. The highest BCUT2D eigenvalue weighted by Gasteiger charge is 2.07. The lowest BCUT2D eigenvalue weighted by Gasteiger charge is -2.07. The molecule has 0 saturated carbocycles. The number of carbonyl (C=O) groups excluding carboxylic acids is 1. The largest absolute Gasteiger partial charge is 0.370 e. The number of carbonyl (C=O) groups is 1. The van der Waals surface area contributed by atoms with Crippen LogP contribution in [-0.2, 0) is 11.3 Å². The molecule has 9 nitrogen and oxygen atoms in total. The summed E-state index contributed by atoms with van der Waals surface area (Å²) in [6, 6.07) is 9.58. The van der Waals surface area contributed by atoms with Gasteiger partial charge in [-0.2, -0.15) is 10.1 Å². The fraction of sp³-hybridized carbons (Fsp3) is 0.118. The molecule has 1 amide bonds. The van der Waals surface area contributed by atoms with Gasteiger partial charge >= 0.3 is 0 Å². The highest BCUT2D eigenvalue weighted by atomic mass is 16.1. The summed E-state index contributed by atoms with van der Waals surface area (Å²) in [7, 11) is 0. The number of hydrogen-bond donors (Lipinski definition) is 2. The fourth-order valence-electron chi connectivity index (χ4n) is 2.61. The number of fused-ring (bicyclic) bond motifs is 1. The second kappa shape index (κ2) is 6.63. The van der Waals surface area contributed by atoms with Crippen LogP contribution >= 0.6 is 0 Å². The van der Waals surface area contributed by atoms with Gasteiger partial charge in [0.1, 0.15) is 18.3 Å². The van der Waals surface area contributed by atoms with Gasteiger partial charge in [-0.1, -0.05) is 0 Å². The molecule has 3 heterocycles. The first-order valence-electron chi connectivity index (χ1n) is 8.01. The van der Waals surface area contributed by atoms with E-state index in [0.29, 0.717) is 12.5 Å². The molecule has 0 fully saturated rings. The van der Waals surface area contributed by atoms with Gasteiger partial charge < -0.3 is 15.6 Å². The molecule has 4 aromatic rings. The van der Waals surface area contributed by atoms with Crippen LogP contribution in [0.5, 0.6) is 0 Å². The van der Waals surface area contributed by atoms with Crippen LogP contribution in [0.1, 0.15) is 6.42 Å². The van der Waals surface area contributed by atoms with Crippen LogP contribution in [-0.4, -0.2) is 35.2 Å². The highest BCUT2D eigenvalue weighted by molar-refractivity contribution is 5.77. The van der Waals surface area contributed by atoms with E-state index in [4.69, 9.17) is 5.73 Å². The predicted octanol–water partition coefficient (Wildman–Crippen LogP) is 1.63. The molecule has 0 saturated heterocycles. The third kappa shape index (κ3) is 3.22. The zero-order valence-electron chi connectivity index (χ0n) is 13.8. The third-order valence-electron chi connectivity index (χ3n) is 3.91. The van der Waals surface area contributed by atoms with Crippen molar-refractivity contribution in [2.75, 3.05) is 5.32 Å². The molecule has 1 aromatic carbocycles. The number of amides is 1. The number of nitrogens with zero attached hydrogens (tertiary/aromatic N) is 6. The van der Waals surface area contributed by atoms with Crippen LogP contribution in [0.4, 0.5) is 11.6 Å². The molecule has 0 radical (unpaired) electrons. The Hall–Kier alpha value is -3.75. The number of aryl methyl sites for hydroxylation is 1. The minimum Gasteiger partial charge on any atom is -0.370 e. The van der Waals surface area contributed by atoms with E-state index in [-0.39, 0.29) is 12.3 Å². The van der Waals surface area contributed by atoms with Crippen molar-refractivity contribution in [3.8, 4) is 5.69 Å². The average Bonchev–Trinajstić information content (AvgIpc) is 3.30. The van der Waals surface area contributed by atoms with Gasteiger partial charge in [0, 0.05) is 36.4 Å². The fourth-order valence-corrected chi connectivity index (χ4v) is 2.61. The molecule has 3 N–H and O–H groups in total. The first-order valence-corrected chi connectivity index (χ1v) is 8.01. The van der Waals surface area contributed by atoms with E-state index in [0.717, 1.165) is 22.4 Å². The minimum absolute atomic E-state index is 0.264. The number of nitrogens with two attached hydrogens (primary N) is 1. The van der Waals surface area contributed by atoms with Crippen molar-refractivity contribution in [3.63, 3.8) is 0 Å². The Bertz CT molecular complexity index is 1040. The zero-order valence-corrected chi connectivity index (χ0v) is 13.8. The van der Waals surface area contributed by atoms with Crippen LogP contribution in [0.2, 0.25) is 0 Å². The van der Waals surface area contributed by atoms with Crippen molar-refractivity contribution in [3.05, 3.63) is 55.4 Å². The van der Waals surface area contributed by atoms with E-state index in [2.05, 4.69) is 25.4 Å². The highest BCUT2D eigenvalue weighted by Crippen LogP contribution is 2.19. The smallest absolute Gasteiger partial charge is 0.229 e. The van der Waals surface area contributed by atoms with Gasteiger partial charge in [-0.25, -0.2) is 14.6 Å². The molecule has 0 aliphatic carbocycles. The Balaban J connectivity index is 1.55. The Labute approximate surface area is 148 Å². The van der Waals surface area contributed by atoms with Crippen LogP contribution in [0.15, 0.2) is 55.4 Å². The Kier molecular flexibility index (Phi) is 4.02. The molecule has 0 unspecified atom stereocenters. The monoisotopic (exact) mass is 348 g/mol. The number of benzene rings is 1. The lowest BCUT2D eigenvalue weighted by Crippen LogP contribution is -2.13. The first-order chi connectivity index (χ1) is 12.7. The summed E-state index contributed by atoms with van der Waals surface area (Å²) in [4.78, 5) is 23.8. The van der Waals surface area contributed by atoms with Gasteiger partial charge in [-0.3, -0.25) is 4.79 Å². The lowest BCUT2D eigenvalue weighted by atomic mass is 10.3. The quantitative estimate of drug-likeness (QED) is 0.547. The van der Waals surface area contributed by atoms with E-state index in [1.165, 1.54) is 6.33 Å². The first kappa shape index (κ1) is 15.8. The molecule has 0 aliphatic heterocycles. The molecule has 4 rings (SSSR count). The van der Waals surface area contributed by atoms with Crippen LogP contribution in [0, 0.1) is 0 Å². The van der Waals surface area contributed by atoms with Gasteiger partial charge in [0.05, 0.1) is 5.69 Å². The van der Waals surface area contributed by atoms with E-state index in [1.807, 2.05) is 41.1 Å². The molecule has 9 heteroatoms. The number of nitrogens with one attached hydrogen (secondary N) is 1. The Morgan fingerprint density at radius 2 is 2.04 bits per heavy atom. The van der Waals surface area contributed by atoms with Crippen molar-refractivity contribution in [2.24, 2.45) is 5.73 Å². The van der Waals surface area contributed by atoms with Gasteiger partial charge in [-0.05, 0) is 30.3 Å². The maximum Gasteiger partial charge on any atom is 0.229 e. The second-order valence-electron chi connectivity index (χ2n) is 5.71. The van der Waals surface area contributed by atoms with Crippen molar-refractivity contribution >= 4 is 28.6 Å². The molecule has 26 heavy (non-hydrogen) atoms. The van der Waals surface area contributed by atoms with Crippen LogP contribution in [0.25, 0.3) is 16.7 Å². The lowest BCUT2D eigenvalue weighted by molar-refractivity contribution is -0.118. The summed E-state index contributed by atoms with van der Waals surface area (Å²) in [6.45, 7) is 0.488. The van der Waals surface area contributed by atoms with Crippen LogP contribution in [0.3, 0.4) is 0 Å². The van der Waals surface area contributed by atoms with Gasteiger partial charge in [0.25, 0.3) is 0 Å². The molecule has 0 atom stereocenters. The molecule has 0 aliphatic rings. The summed E-state index contributed by atoms with van der Waals surface area (Å²) in [5.41, 5.74) is 7.74. The average molecular weight is 348 g/mol. The number of aromatic nitrogens is 6. The Morgan fingerprint density at radius 3 is 2.77 bits per heavy atom. The Morgan fingerprint density at radius 1 is 1.19 bits per heavy atom. The van der Waals surface area contributed by atoms with Crippen LogP contribution < -0.4 is 11.1 Å². The molecule has 0 bridgehead atoms. The summed E-state index contributed by atoms with van der Waals surface area (Å²) in [5.74, 6) is 0.136. The number of anilines is 2. The molecule has 3 aromatic heterocycles. The van der Waals surface area contributed by atoms with Crippen molar-refractivity contribution < 1.29 is 4.79 Å². The SMILES string of the molecule is NC(=O)CCn1ccc2cnc(Nc3ccc(-n4cncn4)cc3)nc21. The van der Waals surface area contributed by atoms with Crippen molar-refractivity contribution in [1.29, 1.82) is 0 Å².